The Morgan fingerprint density at radius 2 is 0.646 bits per heavy atom. The number of hydrogen-bond acceptors (Lipinski definition) is 3. The van der Waals surface area contributed by atoms with E-state index in [1.54, 1.807) is 0 Å². The van der Waals surface area contributed by atoms with Crippen LogP contribution in [0.2, 0.25) is 0 Å². The maximum absolute atomic E-state index is 12.6. The van der Waals surface area contributed by atoms with Gasteiger partial charge in [-0.2, -0.15) is 0 Å². The third kappa shape index (κ3) is 39.4. The number of esters is 1. The maximum atomic E-state index is 12.6. The second kappa shape index (κ2) is 40.4. The zero-order chi connectivity index (χ0) is 35.0. The molecule has 0 saturated carbocycles. The molecule has 0 heterocycles. The molecule has 1 atom stereocenters. The van der Waals surface area contributed by atoms with Gasteiger partial charge in [0.05, 0.1) is 0 Å². The molecule has 0 aliphatic rings. The van der Waals surface area contributed by atoms with Crippen molar-refractivity contribution in [3.63, 3.8) is 0 Å². The standard InChI is InChI=1S/C44H86O4/c1-3-5-7-9-11-13-15-17-19-20-21-22-24-26-28-30-32-34-36-41-44(47)48-42(39-37-40-43(45)46)38-35-33-31-29-27-25-23-18-16-14-12-10-8-6-4-2/h42H,3-41H2,1-2H3,(H,45,46). The Bertz CT molecular complexity index is 648. The van der Waals surface area contributed by atoms with Gasteiger partial charge in [0.1, 0.15) is 6.10 Å². The lowest BCUT2D eigenvalue weighted by molar-refractivity contribution is -0.150. The second-order valence-electron chi connectivity index (χ2n) is 15.3. The third-order valence-corrected chi connectivity index (χ3v) is 10.3. The van der Waals surface area contributed by atoms with Crippen molar-refractivity contribution in [2.75, 3.05) is 0 Å². The Morgan fingerprint density at radius 3 is 0.958 bits per heavy atom. The largest absolute Gasteiger partial charge is 0.481 e. The summed E-state index contributed by atoms with van der Waals surface area (Å²) < 4.78 is 5.86. The Kier molecular flexibility index (Phi) is 39.5. The summed E-state index contributed by atoms with van der Waals surface area (Å²) in [5.74, 6) is -0.843. The number of carbonyl (C=O) groups is 2. The molecule has 1 unspecified atom stereocenters. The molecule has 0 aromatic rings. The Balaban J connectivity index is 3.70. The van der Waals surface area contributed by atoms with Gasteiger partial charge in [0, 0.05) is 12.8 Å². The number of unbranched alkanes of at least 4 members (excludes halogenated alkanes) is 32. The number of rotatable bonds is 41. The van der Waals surface area contributed by atoms with E-state index in [4.69, 9.17) is 9.84 Å². The number of carboxylic acids is 1. The molecule has 0 fully saturated rings. The topological polar surface area (TPSA) is 63.6 Å². The maximum Gasteiger partial charge on any atom is 0.306 e. The molecule has 0 bridgehead atoms. The van der Waals surface area contributed by atoms with Gasteiger partial charge in [-0.15, -0.1) is 0 Å². The van der Waals surface area contributed by atoms with Crippen LogP contribution < -0.4 is 0 Å². The summed E-state index contributed by atoms with van der Waals surface area (Å²) in [5.41, 5.74) is 0. The molecule has 0 saturated heterocycles. The first-order valence-electron chi connectivity index (χ1n) is 22.0. The van der Waals surface area contributed by atoms with Crippen molar-refractivity contribution in [1.82, 2.24) is 0 Å². The van der Waals surface area contributed by atoms with Crippen LogP contribution in [0.5, 0.6) is 0 Å². The molecule has 0 radical (unpaired) electrons. The van der Waals surface area contributed by atoms with Crippen molar-refractivity contribution in [1.29, 1.82) is 0 Å². The highest BCUT2D eigenvalue weighted by Gasteiger charge is 2.15. The summed E-state index contributed by atoms with van der Waals surface area (Å²) in [6.07, 6.45) is 48.5. The van der Waals surface area contributed by atoms with Crippen molar-refractivity contribution in [3.05, 3.63) is 0 Å². The quantitative estimate of drug-likeness (QED) is 0.0516. The van der Waals surface area contributed by atoms with Crippen LogP contribution in [-0.4, -0.2) is 23.1 Å². The van der Waals surface area contributed by atoms with E-state index < -0.39 is 5.97 Å². The molecule has 4 nitrogen and oxygen atoms in total. The molecule has 4 heteroatoms. The van der Waals surface area contributed by atoms with Gasteiger partial charge >= 0.3 is 11.9 Å². The first-order valence-corrected chi connectivity index (χ1v) is 22.0. The van der Waals surface area contributed by atoms with E-state index in [0.717, 1.165) is 25.7 Å². The van der Waals surface area contributed by atoms with Gasteiger partial charge in [0.2, 0.25) is 0 Å². The lowest BCUT2D eigenvalue weighted by Crippen LogP contribution is -2.18. The van der Waals surface area contributed by atoms with Crippen LogP contribution in [0.15, 0.2) is 0 Å². The Hall–Kier alpha value is -1.06. The van der Waals surface area contributed by atoms with Crippen LogP contribution >= 0.6 is 0 Å². The normalized spacial score (nSPS) is 12.0. The van der Waals surface area contributed by atoms with E-state index in [0.29, 0.717) is 19.3 Å². The molecule has 0 spiro atoms. The third-order valence-electron chi connectivity index (χ3n) is 10.3. The van der Waals surface area contributed by atoms with E-state index in [9.17, 15) is 9.59 Å². The van der Waals surface area contributed by atoms with Gasteiger partial charge in [-0.1, -0.05) is 219 Å². The monoisotopic (exact) mass is 679 g/mol. The zero-order valence-corrected chi connectivity index (χ0v) is 32.8. The molecule has 0 aromatic heterocycles. The molecule has 0 rings (SSSR count). The first kappa shape index (κ1) is 46.9. The fourth-order valence-electron chi connectivity index (χ4n) is 7.08. The fourth-order valence-corrected chi connectivity index (χ4v) is 7.08. The Morgan fingerprint density at radius 1 is 0.375 bits per heavy atom. The number of carboxylic acid groups (broad SMARTS) is 1. The van der Waals surface area contributed by atoms with Gasteiger partial charge < -0.3 is 9.84 Å². The smallest absolute Gasteiger partial charge is 0.306 e. The summed E-state index contributed by atoms with van der Waals surface area (Å²) in [6, 6.07) is 0. The zero-order valence-electron chi connectivity index (χ0n) is 32.8. The van der Waals surface area contributed by atoms with Crippen LogP contribution in [0.3, 0.4) is 0 Å². The number of ether oxygens (including phenoxy) is 1. The number of hydrogen-bond donors (Lipinski definition) is 1. The molecule has 0 aromatic carbocycles. The summed E-state index contributed by atoms with van der Waals surface area (Å²) in [7, 11) is 0. The molecule has 0 aliphatic carbocycles. The van der Waals surface area contributed by atoms with E-state index >= 15 is 0 Å². The predicted octanol–water partition coefficient (Wildman–Crippen LogP) is 15.2. The molecular weight excluding hydrogens is 592 g/mol. The Labute approximate surface area is 301 Å². The van der Waals surface area contributed by atoms with Crippen LogP contribution in [0, 0.1) is 0 Å². The minimum absolute atomic E-state index is 0.0803. The van der Waals surface area contributed by atoms with Crippen molar-refractivity contribution in [2.24, 2.45) is 0 Å². The van der Waals surface area contributed by atoms with Gasteiger partial charge in [0.25, 0.3) is 0 Å². The van der Waals surface area contributed by atoms with E-state index in [-0.39, 0.29) is 18.5 Å². The second-order valence-corrected chi connectivity index (χ2v) is 15.3. The highest BCUT2D eigenvalue weighted by Crippen LogP contribution is 2.19. The van der Waals surface area contributed by atoms with Crippen LogP contribution in [-0.2, 0) is 14.3 Å². The number of carbonyl (C=O) groups excluding carboxylic acids is 1. The molecule has 0 amide bonds. The molecule has 286 valence electrons. The van der Waals surface area contributed by atoms with E-state index in [1.165, 1.54) is 199 Å². The van der Waals surface area contributed by atoms with E-state index in [2.05, 4.69) is 13.8 Å². The van der Waals surface area contributed by atoms with Crippen molar-refractivity contribution in [3.8, 4) is 0 Å². The van der Waals surface area contributed by atoms with Crippen LogP contribution in [0.1, 0.15) is 264 Å². The first-order chi connectivity index (χ1) is 23.6. The SMILES string of the molecule is CCCCCCCCCCCCCCCCCCCCCC(=O)OC(CCCCCCCCCCCCCCCCC)CCCC(=O)O. The lowest BCUT2D eigenvalue weighted by Gasteiger charge is -2.18. The summed E-state index contributed by atoms with van der Waals surface area (Å²) in [4.78, 5) is 23.6. The highest BCUT2D eigenvalue weighted by molar-refractivity contribution is 5.69. The van der Waals surface area contributed by atoms with E-state index in [1.807, 2.05) is 0 Å². The highest BCUT2D eigenvalue weighted by atomic mass is 16.5. The summed E-state index contributed by atoms with van der Waals surface area (Å²) in [5, 5.41) is 9.04. The van der Waals surface area contributed by atoms with Crippen molar-refractivity contribution < 1.29 is 19.4 Å². The summed E-state index contributed by atoms with van der Waals surface area (Å²) >= 11 is 0. The molecule has 48 heavy (non-hydrogen) atoms. The van der Waals surface area contributed by atoms with Crippen molar-refractivity contribution in [2.45, 2.75) is 270 Å². The van der Waals surface area contributed by atoms with Gasteiger partial charge in [-0.05, 0) is 32.1 Å². The average molecular weight is 679 g/mol. The van der Waals surface area contributed by atoms with Crippen molar-refractivity contribution >= 4 is 11.9 Å². The van der Waals surface area contributed by atoms with Gasteiger partial charge in [-0.3, -0.25) is 9.59 Å². The van der Waals surface area contributed by atoms with Gasteiger partial charge in [0.15, 0.2) is 0 Å². The predicted molar refractivity (Wildman–Crippen MR) is 209 cm³/mol. The fraction of sp³-hybridized carbons (Fsp3) is 0.955. The lowest BCUT2D eigenvalue weighted by atomic mass is 10.0. The average Bonchev–Trinajstić information content (AvgIpc) is 3.07. The van der Waals surface area contributed by atoms with Crippen LogP contribution in [0.4, 0.5) is 0 Å². The molecule has 1 N–H and O–H groups in total. The minimum atomic E-state index is -0.763. The number of aliphatic carboxylic acids is 1. The summed E-state index contributed by atoms with van der Waals surface area (Å²) in [6.45, 7) is 4.57. The molecule has 0 aliphatic heterocycles. The molecular formula is C44H86O4. The van der Waals surface area contributed by atoms with Gasteiger partial charge in [-0.25, -0.2) is 0 Å². The van der Waals surface area contributed by atoms with Crippen LogP contribution in [0.25, 0.3) is 0 Å². The minimum Gasteiger partial charge on any atom is -0.481 e.